The SMILES string of the molecule is CCN(CC)c1ccc(C=NNC(=O)COc2cccc3ccccc23)c(O)c1. The molecule has 3 rings (SSSR count). The number of phenolic OH excluding ortho intramolecular Hbond substituents is 1. The Balaban J connectivity index is 1.57. The first-order valence-corrected chi connectivity index (χ1v) is 9.62. The first-order valence-electron chi connectivity index (χ1n) is 9.62. The molecule has 6 nitrogen and oxygen atoms in total. The number of aromatic hydroxyl groups is 1. The number of phenols is 1. The molecule has 0 bridgehead atoms. The number of anilines is 1. The van der Waals surface area contributed by atoms with Crippen molar-refractivity contribution in [3.8, 4) is 11.5 Å². The van der Waals surface area contributed by atoms with Gasteiger partial charge >= 0.3 is 0 Å². The van der Waals surface area contributed by atoms with Crippen molar-refractivity contribution >= 4 is 28.6 Å². The predicted molar refractivity (Wildman–Crippen MR) is 117 cm³/mol. The molecule has 0 saturated heterocycles. The Morgan fingerprint density at radius 3 is 2.62 bits per heavy atom. The summed E-state index contributed by atoms with van der Waals surface area (Å²) < 4.78 is 5.63. The summed E-state index contributed by atoms with van der Waals surface area (Å²) in [5, 5.41) is 16.1. The van der Waals surface area contributed by atoms with Crippen LogP contribution in [0.5, 0.6) is 11.5 Å². The number of ether oxygens (including phenoxy) is 1. The third-order valence-corrected chi connectivity index (χ3v) is 4.64. The average molecular weight is 391 g/mol. The molecule has 0 saturated carbocycles. The third kappa shape index (κ3) is 5.04. The van der Waals surface area contributed by atoms with E-state index in [9.17, 15) is 9.90 Å². The molecule has 150 valence electrons. The van der Waals surface area contributed by atoms with Crippen molar-refractivity contribution < 1.29 is 14.6 Å². The van der Waals surface area contributed by atoms with E-state index in [1.165, 1.54) is 6.21 Å². The van der Waals surface area contributed by atoms with Gasteiger partial charge in [-0.15, -0.1) is 0 Å². The van der Waals surface area contributed by atoms with E-state index in [2.05, 4.69) is 29.3 Å². The van der Waals surface area contributed by atoms with Gasteiger partial charge in [-0.25, -0.2) is 5.43 Å². The van der Waals surface area contributed by atoms with Crippen LogP contribution in [0.15, 0.2) is 65.8 Å². The zero-order chi connectivity index (χ0) is 20.6. The fraction of sp³-hybridized carbons (Fsp3) is 0.217. The Morgan fingerprint density at radius 1 is 1.10 bits per heavy atom. The lowest BCUT2D eigenvalue weighted by molar-refractivity contribution is -0.123. The monoisotopic (exact) mass is 391 g/mol. The fourth-order valence-corrected chi connectivity index (χ4v) is 3.10. The molecule has 29 heavy (non-hydrogen) atoms. The van der Waals surface area contributed by atoms with Crippen LogP contribution in [0.2, 0.25) is 0 Å². The number of rotatable bonds is 8. The maximum Gasteiger partial charge on any atom is 0.277 e. The molecule has 0 aliphatic heterocycles. The molecule has 3 aromatic rings. The molecule has 0 atom stereocenters. The summed E-state index contributed by atoms with van der Waals surface area (Å²) in [6, 6.07) is 18.9. The fourth-order valence-electron chi connectivity index (χ4n) is 3.10. The first-order chi connectivity index (χ1) is 14.1. The van der Waals surface area contributed by atoms with E-state index in [4.69, 9.17) is 4.74 Å². The lowest BCUT2D eigenvalue weighted by Gasteiger charge is -2.21. The summed E-state index contributed by atoms with van der Waals surface area (Å²) in [5.41, 5.74) is 3.89. The lowest BCUT2D eigenvalue weighted by atomic mass is 10.1. The summed E-state index contributed by atoms with van der Waals surface area (Å²) in [6.45, 7) is 5.68. The number of hydrazone groups is 1. The quantitative estimate of drug-likeness (QED) is 0.451. The van der Waals surface area contributed by atoms with Gasteiger partial charge in [-0.05, 0) is 37.4 Å². The van der Waals surface area contributed by atoms with Crippen LogP contribution >= 0.6 is 0 Å². The first kappa shape index (κ1) is 20.2. The Kier molecular flexibility index (Phi) is 6.68. The summed E-state index contributed by atoms with van der Waals surface area (Å²) in [4.78, 5) is 14.2. The highest BCUT2D eigenvalue weighted by Crippen LogP contribution is 2.25. The van der Waals surface area contributed by atoms with Gasteiger partial charge in [0.25, 0.3) is 5.91 Å². The van der Waals surface area contributed by atoms with Gasteiger partial charge in [-0.1, -0.05) is 36.4 Å². The minimum atomic E-state index is -0.381. The molecular formula is C23H25N3O3. The molecule has 6 heteroatoms. The zero-order valence-electron chi connectivity index (χ0n) is 16.6. The van der Waals surface area contributed by atoms with Gasteiger partial charge in [0.1, 0.15) is 11.5 Å². The van der Waals surface area contributed by atoms with E-state index >= 15 is 0 Å². The molecule has 0 aromatic heterocycles. The lowest BCUT2D eigenvalue weighted by Crippen LogP contribution is -2.24. The minimum absolute atomic E-state index is 0.111. The normalized spacial score (nSPS) is 11.0. The van der Waals surface area contributed by atoms with Crippen LogP contribution in [-0.2, 0) is 4.79 Å². The second-order valence-electron chi connectivity index (χ2n) is 6.47. The number of nitrogens with zero attached hydrogens (tertiary/aromatic N) is 2. The van der Waals surface area contributed by atoms with Gasteiger partial charge in [0.15, 0.2) is 6.61 Å². The van der Waals surface area contributed by atoms with Crippen molar-refractivity contribution in [2.24, 2.45) is 5.10 Å². The summed E-state index contributed by atoms with van der Waals surface area (Å²) in [7, 11) is 0. The minimum Gasteiger partial charge on any atom is -0.507 e. The topological polar surface area (TPSA) is 74.2 Å². The second kappa shape index (κ2) is 9.59. The highest BCUT2D eigenvalue weighted by Gasteiger charge is 2.07. The maximum atomic E-state index is 12.0. The van der Waals surface area contributed by atoms with Gasteiger partial charge in [-0.2, -0.15) is 5.10 Å². The number of carbonyl (C=O) groups excluding carboxylic acids is 1. The van der Waals surface area contributed by atoms with E-state index < -0.39 is 0 Å². The molecule has 0 heterocycles. The smallest absolute Gasteiger partial charge is 0.277 e. The molecule has 0 unspecified atom stereocenters. The number of benzene rings is 3. The van der Waals surface area contributed by atoms with Gasteiger partial charge in [-0.3, -0.25) is 4.79 Å². The number of hydrogen-bond acceptors (Lipinski definition) is 5. The van der Waals surface area contributed by atoms with Gasteiger partial charge in [0.05, 0.1) is 6.21 Å². The standard InChI is InChI=1S/C23H25N3O3/c1-3-26(4-2)19-13-12-18(21(27)14-19)15-24-25-23(28)16-29-22-11-7-9-17-8-5-6-10-20(17)22/h5-15,27H,3-4,16H2,1-2H3,(H,25,28). The van der Waals surface area contributed by atoms with Crippen molar-refractivity contribution in [1.29, 1.82) is 0 Å². The van der Waals surface area contributed by atoms with E-state index in [-0.39, 0.29) is 18.3 Å². The van der Waals surface area contributed by atoms with Crippen molar-refractivity contribution in [1.82, 2.24) is 5.43 Å². The van der Waals surface area contributed by atoms with Crippen LogP contribution in [0, 0.1) is 0 Å². The van der Waals surface area contributed by atoms with Crippen LogP contribution in [0.25, 0.3) is 10.8 Å². The molecule has 1 amide bonds. The number of nitrogens with one attached hydrogen (secondary N) is 1. The van der Waals surface area contributed by atoms with E-state index in [0.29, 0.717) is 11.3 Å². The van der Waals surface area contributed by atoms with Crippen molar-refractivity contribution in [2.75, 3.05) is 24.6 Å². The third-order valence-electron chi connectivity index (χ3n) is 4.64. The van der Waals surface area contributed by atoms with Crippen LogP contribution in [0.1, 0.15) is 19.4 Å². The number of fused-ring (bicyclic) bond motifs is 1. The predicted octanol–water partition coefficient (Wildman–Crippen LogP) is 3.92. The number of amides is 1. The van der Waals surface area contributed by atoms with Crippen molar-refractivity contribution in [3.05, 3.63) is 66.2 Å². The van der Waals surface area contributed by atoms with E-state index in [1.54, 1.807) is 12.1 Å². The second-order valence-corrected chi connectivity index (χ2v) is 6.47. The summed E-state index contributed by atoms with van der Waals surface area (Å²) >= 11 is 0. The molecule has 0 radical (unpaired) electrons. The van der Waals surface area contributed by atoms with Gasteiger partial charge < -0.3 is 14.7 Å². The van der Waals surface area contributed by atoms with Gasteiger partial charge in [0.2, 0.25) is 0 Å². The molecule has 0 aliphatic rings. The maximum absolute atomic E-state index is 12.0. The molecule has 0 aliphatic carbocycles. The molecule has 2 N–H and O–H groups in total. The number of carbonyl (C=O) groups is 1. The Bertz CT molecular complexity index is 1010. The van der Waals surface area contributed by atoms with E-state index in [1.807, 2.05) is 48.5 Å². The number of hydrogen-bond donors (Lipinski definition) is 2. The Labute approximate surface area is 170 Å². The van der Waals surface area contributed by atoms with Crippen LogP contribution < -0.4 is 15.1 Å². The van der Waals surface area contributed by atoms with Crippen LogP contribution in [0.3, 0.4) is 0 Å². The Hall–Kier alpha value is -3.54. The molecule has 3 aromatic carbocycles. The largest absolute Gasteiger partial charge is 0.507 e. The zero-order valence-corrected chi connectivity index (χ0v) is 16.6. The highest BCUT2D eigenvalue weighted by molar-refractivity contribution is 5.89. The van der Waals surface area contributed by atoms with Gasteiger partial charge in [0, 0.05) is 35.8 Å². The molecule has 0 fully saturated rings. The highest BCUT2D eigenvalue weighted by atomic mass is 16.5. The summed E-state index contributed by atoms with van der Waals surface area (Å²) in [6.07, 6.45) is 1.41. The van der Waals surface area contributed by atoms with Crippen LogP contribution in [0.4, 0.5) is 5.69 Å². The molecule has 0 spiro atoms. The molecular weight excluding hydrogens is 366 g/mol. The van der Waals surface area contributed by atoms with Crippen molar-refractivity contribution in [3.63, 3.8) is 0 Å². The van der Waals surface area contributed by atoms with Crippen molar-refractivity contribution in [2.45, 2.75) is 13.8 Å². The van der Waals surface area contributed by atoms with E-state index in [0.717, 1.165) is 29.5 Å². The van der Waals surface area contributed by atoms with Crippen LogP contribution in [-0.4, -0.2) is 36.9 Å². The summed E-state index contributed by atoms with van der Waals surface area (Å²) in [5.74, 6) is 0.375. The Morgan fingerprint density at radius 2 is 1.86 bits per heavy atom. The average Bonchev–Trinajstić information content (AvgIpc) is 2.74.